The van der Waals surface area contributed by atoms with Crippen LogP contribution in [0.15, 0.2) is 22.3 Å². The molecule has 0 amide bonds. The molecule has 3 rings (SSSR count). The number of fused-ring (bicyclic) bond motifs is 1. The van der Waals surface area contributed by atoms with E-state index in [1.807, 2.05) is 13.8 Å². The molecule has 3 aliphatic rings. The summed E-state index contributed by atoms with van der Waals surface area (Å²) >= 11 is 0. The van der Waals surface area contributed by atoms with Crippen LogP contribution in [0.5, 0.6) is 0 Å². The molecule has 0 bridgehead atoms. The Morgan fingerprint density at radius 3 is 1.89 bits per heavy atom. The summed E-state index contributed by atoms with van der Waals surface area (Å²) in [5.74, 6) is -0.643. The minimum atomic E-state index is -0.711. The Balaban J connectivity index is 0. The molecule has 0 heterocycles. The first-order valence-electron chi connectivity index (χ1n) is 10.1. The average molecular weight is 447 g/mol. The molecular weight excluding hydrogens is 412 g/mol. The van der Waals surface area contributed by atoms with Gasteiger partial charge in [-0.25, -0.2) is 12.0 Å². The van der Waals surface area contributed by atoms with E-state index in [2.05, 4.69) is 13.3 Å². The maximum Gasteiger partial charge on any atom is 0.303 e. The van der Waals surface area contributed by atoms with Crippen LogP contribution in [0, 0.1) is 12.3 Å². The van der Waals surface area contributed by atoms with Gasteiger partial charge >= 0.3 is 11.9 Å². The Hall–Kier alpha value is -0.706. The van der Waals surface area contributed by atoms with Gasteiger partial charge in [-0.15, -0.1) is 12.0 Å². The van der Waals surface area contributed by atoms with E-state index < -0.39 is 11.9 Å². The molecule has 28 heavy (non-hydrogen) atoms. The third kappa shape index (κ3) is 9.67. The zero-order valence-electron chi connectivity index (χ0n) is 17.5. The summed E-state index contributed by atoms with van der Waals surface area (Å²) in [4.78, 5) is 19.2. The van der Waals surface area contributed by atoms with Crippen LogP contribution < -0.4 is 12.4 Å². The fourth-order valence-corrected chi connectivity index (χ4v) is 3.93. The van der Waals surface area contributed by atoms with E-state index in [0.29, 0.717) is 12.8 Å². The molecule has 0 spiro atoms. The van der Waals surface area contributed by atoms with Gasteiger partial charge < -0.3 is 22.6 Å². The molecule has 2 N–H and O–H groups in total. The van der Waals surface area contributed by atoms with Crippen molar-refractivity contribution in [3.63, 3.8) is 0 Å². The number of rotatable bonds is 4. The number of carboxylic acid groups (broad SMARTS) is 2. The first kappa shape index (κ1) is 29.5. The van der Waals surface area contributed by atoms with E-state index in [1.54, 1.807) is 22.3 Å². The van der Waals surface area contributed by atoms with Gasteiger partial charge in [-0.05, 0) is 38.0 Å². The van der Waals surface area contributed by atoms with Crippen LogP contribution in [-0.4, -0.2) is 22.2 Å². The Labute approximate surface area is 191 Å². The zero-order valence-corrected chi connectivity index (χ0v) is 19.8. The van der Waals surface area contributed by atoms with Gasteiger partial charge in [-0.2, -0.15) is 5.57 Å². The van der Waals surface area contributed by atoms with Crippen LogP contribution in [0.3, 0.4) is 0 Å². The normalized spacial score (nSPS) is 19.2. The van der Waals surface area contributed by atoms with Crippen molar-refractivity contribution in [1.29, 1.82) is 0 Å². The molecular formula is C22H35ClO4Ti-2. The molecule has 0 aromatic rings. The molecule has 0 radical (unpaired) electrons. The topological polar surface area (TPSA) is 74.6 Å². The number of carbonyl (C=O) groups is 2. The van der Waals surface area contributed by atoms with Gasteiger partial charge in [0.15, 0.2) is 0 Å². The first-order chi connectivity index (χ1) is 12.4. The standard InChI is InChI=1S/C14H19.2C4H8O2.ClH.Ti/c1-10-11-6-2-4-8-13(11)14-9-5-3-7-12(10)14;2*1-2-3-4(5)6;;/h6,10H,2-5,7-9H2,1H3;2*2-3H2,1H3,(H,5,6);1H;/q-1;;;;/p-1. The maximum atomic E-state index is 9.60. The van der Waals surface area contributed by atoms with Crippen molar-refractivity contribution in [2.75, 3.05) is 0 Å². The van der Waals surface area contributed by atoms with Crippen molar-refractivity contribution >= 4 is 11.9 Å². The van der Waals surface area contributed by atoms with Gasteiger partial charge in [0.2, 0.25) is 0 Å². The first-order valence-corrected chi connectivity index (χ1v) is 10.1. The van der Waals surface area contributed by atoms with E-state index in [1.165, 1.54) is 44.9 Å². The summed E-state index contributed by atoms with van der Waals surface area (Å²) < 4.78 is 0. The molecule has 0 fully saturated rings. The predicted molar refractivity (Wildman–Crippen MR) is 105 cm³/mol. The van der Waals surface area contributed by atoms with Gasteiger partial charge in [0.1, 0.15) is 0 Å². The molecule has 6 heteroatoms. The van der Waals surface area contributed by atoms with Gasteiger partial charge in [0.25, 0.3) is 0 Å². The fraction of sp³-hybridized carbons (Fsp3) is 0.682. The summed E-state index contributed by atoms with van der Waals surface area (Å²) in [6.07, 6.45) is 14.3. The summed E-state index contributed by atoms with van der Waals surface area (Å²) in [6.45, 7) is 6.10. The molecule has 0 aromatic carbocycles. The number of hydrogen-bond acceptors (Lipinski definition) is 2. The maximum absolute atomic E-state index is 9.60. The third-order valence-corrected chi connectivity index (χ3v) is 5.14. The molecule has 0 saturated heterocycles. The summed E-state index contributed by atoms with van der Waals surface area (Å²) in [5.41, 5.74) is 7.07. The zero-order chi connectivity index (χ0) is 19.5. The molecule has 0 aliphatic heterocycles. The smallest absolute Gasteiger partial charge is 0.303 e. The number of allylic oxidation sites excluding steroid dienone is 4. The largest absolute Gasteiger partial charge is 1.00 e. The van der Waals surface area contributed by atoms with E-state index in [9.17, 15) is 9.59 Å². The van der Waals surface area contributed by atoms with Crippen molar-refractivity contribution in [3.05, 3.63) is 28.7 Å². The Bertz CT molecular complexity index is 507. The Kier molecular flexibility index (Phi) is 17.0. The van der Waals surface area contributed by atoms with Crippen LogP contribution in [0.1, 0.15) is 91.4 Å². The molecule has 0 aromatic heterocycles. The predicted octanol–water partition coefficient (Wildman–Crippen LogP) is 2.94. The number of carboxylic acids is 2. The van der Waals surface area contributed by atoms with E-state index in [0.717, 1.165) is 18.8 Å². The molecule has 3 aliphatic carbocycles. The monoisotopic (exact) mass is 446 g/mol. The molecule has 4 nitrogen and oxygen atoms in total. The second-order valence-electron chi connectivity index (χ2n) is 7.25. The second kappa shape index (κ2) is 16.1. The minimum absolute atomic E-state index is 0. The van der Waals surface area contributed by atoms with E-state index in [-0.39, 0.29) is 34.1 Å². The van der Waals surface area contributed by atoms with Gasteiger partial charge in [0, 0.05) is 34.6 Å². The van der Waals surface area contributed by atoms with Crippen molar-refractivity contribution < 1.29 is 53.9 Å². The third-order valence-electron chi connectivity index (χ3n) is 5.14. The number of halogens is 1. The van der Waals surface area contributed by atoms with Crippen LogP contribution in [-0.2, 0) is 31.3 Å². The van der Waals surface area contributed by atoms with Crippen molar-refractivity contribution in [2.45, 2.75) is 91.4 Å². The molecule has 1 atom stereocenters. The Morgan fingerprint density at radius 2 is 1.43 bits per heavy atom. The molecule has 1 unspecified atom stereocenters. The van der Waals surface area contributed by atoms with Crippen LogP contribution >= 0.6 is 0 Å². The van der Waals surface area contributed by atoms with Gasteiger partial charge in [0.05, 0.1) is 0 Å². The molecule has 160 valence electrons. The van der Waals surface area contributed by atoms with Crippen LogP contribution in [0.2, 0.25) is 0 Å². The number of aliphatic carboxylic acids is 2. The minimum Gasteiger partial charge on any atom is -1.00 e. The van der Waals surface area contributed by atoms with Gasteiger partial charge in [-0.1, -0.05) is 45.6 Å². The van der Waals surface area contributed by atoms with Crippen molar-refractivity contribution in [2.24, 2.45) is 5.92 Å². The SMILES string of the molecule is CC1C2=C(CCC[CH-]2)C2=C1CCCC2.CCCC(=O)O.CCCC(=O)O.[Cl-].[Ti]. The molecule has 0 saturated carbocycles. The van der Waals surface area contributed by atoms with E-state index >= 15 is 0 Å². The van der Waals surface area contributed by atoms with Crippen molar-refractivity contribution in [3.8, 4) is 0 Å². The number of hydrogen-bond donors (Lipinski definition) is 2. The van der Waals surface area contributed by atoms with Crippen LogP contribution in [0.4, 0.5) is 0 Å². The summed E-state index contributed by atoms with van der Waals surface area (Å²) in [5, 5.41) is 15.8. The van der Waals surface area contributed by atoms with E-state index in [4.69, 9.17) is 10.2 Å². The van der Waals surface area contributed by atoms with Crippen LogP contribution in [0.25, 0.3) is 0 Å². The second-order valence-corrected chi connectivity index (χ2v) is 7.25. The average Bonchev–Trinajstić information content (AvgIpc) is 2.90. The van der Waals surface area contributed by atoms with Crippen molar-refractivity contribution in [1.82, 2.24) is 0 Å². The summed E-state index contributed by atoms with van der Waals surface area (Å²) in [7, 11) is 0. The quantitative estimate of drug-likeness (QED) is 0.514. The van der Waals surface area contributed by atoms with Gasteiger partial charge in [-0.3, -0.25) is 9.59 Å². The summed E-state index contributed by atoms with van der Waals surface area (Å²) in [6, 6.07) is 0. The fourth-order valence-electron chi connectivity index (χ4n) is 3.93. The Morgan fingerprint density at radius 1 is 0.929 bits per heavy atom.